The van der Waals surface area contributed by atoms with Crippen LogP contribution in [0.1, 0.15) is 60.2 Å². The minimum absolute atomic E-state index is 0.530. The smallest absolute Gasteiger partial charge is 0.0528 e. The van der Waals surface area contributed by atoms with Crippen molar-refractivity contribution in [2.45, 2.75) is 49.0 Å². The van der Waals surface area contributed by atoms with Crippen molar-refractivity contribution in [1.29, 1.82) is 0 Å². The quantitative estimate of drug-likeness (QED) is 0.394. The molecule has 2 fully saturated rings. The second kappa shape index (κ2) is 12.2. The van der Waals surface area contributed by atoms with Crippen LogP contribution in [0.2, 0.25) is 0 Å². The third-order valence-electron chi connectivity index (χ3n) is 6.38. The summed E-state index contributed by atoms with van der Waals surface area (Å²) in [5.41, 5.74) is 2.95. The van der Waals surface area contributed by atoms with Crippen molar-refractivity contribution in [3.8, 4) is 0 Å². The van der Waals surface area contributed by atoms with Gasteiger partial charge < -0.3 is 9.80 Å². The van der Waals surface area contributed by atoms with Gasteiger partial charge in [0.15, 0.2) is 0 Å². The Morgan fingerprint density at radius 2 is 0.900 bits per heavy atom. The number of benzene rings is 2. The molecule has 0 bridgehead atoms. The van der Waals surface area contributed by atoms with Crippen LogP contribution >= 0.6 is 21.6 Å². The minimum Gasteiger partial charge on any atom is -0.302 e. The summed E-state index contributed by atoms with van der Waals surface area (Å²) < 4.78 is 0. The molecule has 0 aromatic heterocycles. The van der Waals surface area contributed by atoms with Gasteiger partial charge in [-0.1, -0.05) is 95.1 Å². The van der Waals surface area contributed by atoms with E-state index in [0.29, 0.717) is 10.5 Å². The van der Waals surface area contributed by atoms with E-state index in [1.807, 2.05) is 0 Å². The maximum absolute atomic E-state index is 2.69. The van der Waals surface area contributed by atoms with Crippen LogP contribution in [0.25, 0.3) is 0 Å². The summed E-state index contributed by atoms with van der Waals surface area (Å²) in [6.45, 7) is 7.42. The molecular formula is C26H36N2S2. The molecule has 0 aliphatic carbocycles. The summed E-state index contributed by atoms with van der Waals surface area (Å²) in [6, 6.07) is 22.4. The fourth-order valence-electron chi connectivity index (χ4n) is 4.61. The van der Waals surface area contributed by atoms with E-state index >= 15 is 0 Å². The van der Waals surface area contributed by atoms with Gasteiger partial charge >= 0.3 is 0 Å². The van der Waals surface area contributed by atoms with E-state index in [9.17, 15) is 0 Å². The Balaban J connectivity index is 1.45. The van der Waals surface area contributed by atoms with Crippen molar-refractivity contribution in [3.05, 3.63) is 71.8 Å². The van der Waals surface area contributed by atoms with Crippen molar-refractivity contribution in [1.82, 2.24) is 9.80 Å². The van der Waals surface area contributed by atoms with Crippen molar-refractivity contribution >= 4 is 21.6 Å². The summed E-state index contributed by atoms with van der Waals surface area (Å²) in [7, 11) is 4.22. The summed E-state index contributed by atoms with van der Waals surface area (Å²) in [4.78, 5) is 5.38. The van der Waals surface area contributed by atoms with E-state index in [-0.39, 0.29) is 0 Å². The lowest BCUT2D eigenvalue weighted by atomic mass is 10.1. The molecule has 4 rings (SSSR count). The van der Waals surface area contributed by atoms with Gasteiger partial charge in [-0.2, -0.15) is 0 Å². The fourth-order valence-corrected chi connectivity index (χ4v) is 7.79. The molecule has 0 N–H and O–H groups in total. The van der Waals surface area contributed by atoms with E-state index in [4.69, 9.17) is 0 Å². The lowest BCUT2D eigenvalue weighted by molar-refractivity contribution is 0.229. The third-order valence-corrected chi connectivity index (χ3v) is 9.52. The topological polar surface area (TPSA) is 6.48 Å². The van der Waals surface area contributed by atoms with E-state index < -0.39 is 0 Å². The van der Waals surface area contributed by atoms with Gasteiger partial charge in [0.1, 0.15) is 0 Å². The maximum atomic E-state index is 2.69. The highest BCUT2D eigenvalue weighted by Gasteiger charge is 2.23. The van der Waals surface area contributed by atoms with Gasteiger partial charge in [0, 0.05) is 13.1 Å². The largest absolute Gasteiger partial charge is 0.302 e. The molecular weight excluding hydrogens is 404 g/mol. The molecule has 0 radical (unpaired) electrons. The zero-order valence-electron chi connectivity index (χ0n) is 18.1. The van der Waals surface area contributed by atoms with Gasteiger partial charge in [0.25, 0.3) is 0 Å². The van der Waals surface area contributed by atoms with Gasteiger partial charge in [-0.05, 0) is 63.0 Å². The molecule has 0 unspecified atom stereocenters. The normalized spacial score (nSPS) is 20.7. The van der Waals surface area contributed by atoms with Gasteiger partial charge in [0.2, 0.25) is 0 Å². The van der Waals surface area contributed by atoms with Crippen molar-refractivity contribution in [2.75, 3.05) is 39.3 Å². The summed E-state index contributed by atoms with van der Waals surface area (Å²) in [5.74, 6) is 0. The predicted octanol–water partition coefficient (Wildman–Crippen LogP) is 6.82. The fraction of sp³-hybridized carbons (Fsp3) is 0.538. The zero-order chi connectivity index (χ0) is 20.4. The second-order valence-electron chi connectivity index (χ2n) is 8.71. The monoisotopic (exact) mass is 440 g/mol. The molecule has 30 heavy (non-hydrogen) atoms. The van der Waals surface area contributed by atoms with E-state index in [1.54, 1.807) is 0 Å². The molecule has 0 amide bonds. The summed E-state index contributed by atoms with van der Waals surface area (Å²) in [6.07, 6.45) is 8.25. The molecule has 4 heteroatoms. The van der Waals surface area contributed by atoms with Crippen LogP contribution in [-0.4, -0.2) is 49.1 Å². The van der Waals surface area contributed by atoms with Crippen molar-refractivity contribution in [3.63, 3.8) is 0 Å². The first-order chi connectivity index (χ1) is 14.9. The summed E-state index contributed by atoms with van der Waals surface area (Å²) in [5, 5.41) is 1.06. The van der Waals surface area contributed by atoms with Crippen LogP contribution in [0.5, 0.6) is 0 Å². The Morgan fingerprint density at radius 1 is 0.533 bits per heavy atom. The Morgan fingerprint density at radius 3 is 1.27 bits per heavy atom. The molecule has 2 aromatic rings. The Labute approximate surface area is 191 Å². The molecule has 2 aromatic carbocycles. The molecule has 162 valence electrons. The Bertz CT molecular complexity index is 649. The molecule has 0 saturated carbocycles. The van der Waals surface area contributed by atoms with Crippen LogP contribution in [0, 0.1) is 0 Å². The lowest BCUT2D eigenvalue weighted by Gasteiger charge is -2.32. The molecule has 0 spiro atoms. The molecule has 2 aliphatic heterocycles. The first-order valence-corrected chi connectivity index (χ1v) is 14.0. The highest BCUT2D eigenvalue weighted by molar-refractivity contribution is 8.76. The Kier molecular flexibility index (Phi) is 9.04. The average molecular weight is 441 g/mol. The SMILES string of the molecule is c1ccc([C@H](CN2CCCCC2)SS[C@@H](CN2CCCCC2)c2ccccc2)cc1. The van der Waals surface area contributed by atoms with E-state index in [2.05, 4.69) is 92.1 Å². The van der Waals surface area contributed by atoms with Crippen molar-refractivity contribution < 1.29 is 0 Å². The average Bonchev–Trinajstić information content (AvgIpc) is 2.83. The predicted molar refractivity (Wildman–Crippen MR) is 134 cm³/mol. The number of rotatable bonds is 9. The first kappa shape index (κ1) is 22.3. The van der Waals surface area contributed by atoms with Crippen LogP contribution in [0.4, 0.5) is 0 Å². The third kappa shape index (κ3) is 6.78. The maximum Gasteiger partial charge on any atom is 0.0528 e. The van der Waals surface area contributed by atoms with E-state index in [1.165, 1.54) is 88.9 Å². The number of nitrogens with zero attached hydrogens (tertiary/aromatic N) is 2. The van der Waals surface area contributed by atoms with Crippen LogP contribution in [0.15, 0.2) is 60.7 Å². The van der Waals surface area contributed by atoms with Gasteiger partial charge in [-0.25, -0.2) is 0 Å². The summed E-state index contributed by atoms with van der Waals surface area (Å²) >= 11 is 0. The van der Waals surface area contributed by atoms with Crippen LogP contribution in [0.3, 0.4) is 0 Å². The molecule has 2 saturated heterocycles. The standard InChI is InChI=1S/C26H36N2S2/c1-5-13-23(14-6-1)25(21-27-17-9-3-10-18-27)29-30-26(24-15-7-2-8-16-24)22-28-19-11-4-12-20-28/h1-2,5-8,13-16,25-26H,3-4,9-12,17-22H2/t25-,26-/m0/s1. The number of hydrogen-bond acceptors (Lipinski definition) is 4. The molecule has 2 nitrogen and oxygen atoms in total. The van der Waals surface area contributed by atoms with E-state index in [0.717, 1.165) is 0 Å². The van der Waals surface area contributed by atoms with Gasteiger partial charge in [-0.15, -0.1) is 0 Å². The Hall–Kier alpha value is -0.940. The van der Waals surface area contributed by atoms with Crippen molar-refractivity contribution in [2.24, 2.45) is 0 Å². The highest BCUT2D eigenvalue weighted by atomic mass is 33.1. The molecule has 2 aliphatic rings. The number of likely N-dealkylation sites (tertiary alicyclic amines) is 2. The minimum atomic E-state index is 0.530. The van der Waals surface area contributed by atoms with Crippen LogP contribution < -0.4 is 0 Å². The van der Waals surface area contributed by atoms with Gasteiger partial charge in [0.05, 0.1) is 10.5 Å². The highest BCUT2D eigenvalue weighted by Crippen LogP contribution is 2.47. The number of piperidine rings is 2. The number of hydrogen-bond donors (Lipinski definition) is 0. The zero-order valence-corrected chi connectivity index (χ0v) is 19.8. The lowest BCUT2D eigenvalue weighted by Crippen LogP contribution is -2.33. The van der Waals surface area contributed by atoms with Crippen LogP contribution in [-0.2, 0) is 0 Å². The first-order valence-electron chi connectivity index (χ1n) is 11.8. The van der Waals surface area contributed by atoms with Gasteiger partial charge in [-0.3, -0.25) is 0 Å². The second-order valence-corrected chi connectivity index (χ2v) is 11.4. The molecule has 2 heterocycles. The molecule has 2 atom stereocenters.